The highest BCUT2D eigenvalue weighted by atomic mass is 32.2. The number of nitrogen functional groups attached to an aromatic ring is 1. The molecule has 1 amide bonds. The zero-order chi connectivity index (χ0) is 18.7. The zero-order valence-corrected chi connectivity index (χ0v) is 15.7. The van der Waals surface area contributed by atoms with Crippen molar-refractivity contribution in [2.45, 2.75) is 37.6 Å². The van der Waals surface area contributed by atoms with Crippen molar-refractivity contribution in [3.8, 4) is 11.4 Å². The average molecular weight is 371 g/mol. The molecule has 1 atom stereocenters. The van der Waals surface area contributed by atoms with E-state index in [0.717, 1.165) is 17.7 Å². The molecule has 0 radical (unpaired) electrons. The van der Waals surface area contributed by atoms with Gasteiger partial charge in [-0.05, 0) is 44.0 Å². The second-order valence-corrected chi connectivity index (χ2v) is 7.17. The minimum atomic E-state index is -0.384. The SMILES string of the molecule is CCc1ccc(NC(=O)C(C)Sc2nnc(-c3ccoc3C)n2N)cc1. The van der Waals surface area contributed by atoms with Crippen molar-refractivity contribution in [2.24, 2.45) is 0 Å². The van der Waals surface area contributed by atoms with Gasteiger partial charge < -0.3 is 15.6 Å². The van der Waals surface area contributed by atoms with Crippen LogP contribution in [0.1, 0.15) is 25.2 Å². The summed E-state index contributed by atoms with van der Waals surface area (Å²) >= 11 is 1.25. The lowest BCUT2D eigenvalue weighted by Gasteiger charge is -2.12. The molecule has 3 rings (SSSR count). The molecule has 0 saturated carbocycles. The Labute approximate surface area is 156 Å². The number of thioether (sulfide) groups is 1. The van der Waals surface area contributed by atoms with Gasteiger partial charge in [0.25, 0.3) is 0 Å². The number of hydrogen-bond donors (Lipinski definition) is 2. The van der Waals surface area contributed by atoms with Crippen LogP contribution in [0, 0.1) is 6.92 Å². The summed E-state index contributed by atoms with van der Waals surface area (Å²) < 4.78 is 6.66. The highest BCUT2D eigenvalue weighted by molar-refractivity contribution is 8.00. The Morgan fingerprint density at radius 3 is 2.65 bits per heavy atom. The molecule has 0 aliphatic heterocycles. The van der Waals surface area contributed by atoms with Gasteiger partial charge in [-0.3, -0.25) is 4.79 Å². The minimum Gasteiger partial charge on any atom is -0.469 e. The summed E-state index contributed by atoms with van der Waals surface area (Å²) in [4.78, 5) is 12.4. The number of rotatable bonds is 6. The Kier molecular flexibility index (Phi) is 5.32. The largest absolute Gasteiger partial charge is 0.469 e. The van der Waals surface area contributed by atoms with Crippen molar-refractivity contribution < 1.29 is 9.21 Å². The molecular weight excluding hydrogens is 350 g/mol. The van der Waals surface area contributed by atoms with E-state index in [-0.39, 0.29) is 11.2 Å². The number of hydrogen-bond acceptors (Lipinski definition) is 6. The molecule has 0 spiro atoms. The second kappa shape index (κ2) is 7.65. The maximum absolute atomic E-state index is 12.4. The van der Waals surface area contributed by atoms with Gasteiger partial charge in [0, 0.05) is 5.69 Å². The van der Waals surface area contributed by atoms with Gasteiger partial charge in [-0.2, -0.15) is 0 Å². The van der Waals surface area contributed by atoms with Gasteiger partial charge in [-0.25, -0.2) is 4.68 Å². The number of nitrogens with zero attached hydrogens (tertiary/aromatic N) is 3. The van der Waals surface area contributed by atoms with Crippen molar-refractivity contribution in [1.29, 1.82) is 0 Å². The van der Waals surface area contributed by atoms with Crippen molar-refractivity contribution in [1.82, 2.24) is 14.9 Å². The van der Waals surface area contributed by atoms with E-state index in [1.807, 2.05) is 31.2 Å². The minimum absolute atomic E-state index is 0.122. The number of amides is 1. The third-order valence-electron chi connectivity index (χ3n) is 4.05. The molecule has 3 aromatic rings. The van der Waals surface area contributed by atoms with Crippen molar-refractivity contribution >= 4 is 23.4 Å². The Balaban J connectivity index is 1.67. The highest BCUT2D eigenvalue weighted by Crippen LogP contribution is 2.27. The van der Waals surface area contributed by atoms with Crippen LogP contribution in [0.2, 0.25) is 0 Å². The van der Waals surface area contributed by atoms with E-state index >= 15 is 0 Å². The van der Waals surface area contributed by atoms with Gasteiger partial charge in [0.15, 0.2) is 5.82 Å². The van der Waals surface area contributed by atoms with E-state index in [2.05, 4.69) is 22.4 Å². The summed E-state index contributed by atoms with van der Waals surface area (Å²) in [5.74, 6) is 7.18. The van der Waals surface area contributed by atoms with E-state index < -0.39 is 0 Å². The van der Waals surface area contributed by atoms with E-state index in [1.54, 1.807) is 19.3 Å². The van der Waals surface area contributed by atoms with Gasteiger partial charge in [-0.15, -0.1) is 10.2 Å². The number of nitrogens with one attached hydrogen (secondary N) is 1. The number of aromatic nitrogens is 3. The number of nitrogens with two attached hydrogens (primary N) is 1. The molecule has 0 bridgehead atoms. The van der Waals surface area contributed by atoms with Crippen LogP contribution in [-0.4, -0.2) is 26.0 Å². The molecule has 7 nitrogen and oxygen atoms in total. The van der Waals surface area contributed by atoms with Crippen molar-refractivity contribution in [2.75, 3.05) is 11.2 Å². The molecule has 3 N–H and O–H groups in total. The van der Waals surface area contributed by atoms with Crippen LogP contribution in [0.3, 0.4) is 0 Å². The standard InChI is InChI=1S/C18H21N5O2S/c1-4-13-5-7-14(8-6-13)20-17(24)12(3)26-18-22-21-16(23(18)19)15-9-10-25-11(15)2/h5-10,12H,4,19H2,1-3H3,(H,20,24). The summed E-state index contributed by atoms with van der Waals surface area (Å²) in [7, 11) is 0. The predicted octanol–water partition coefficient (Wildman–Crippen LogP) is 3.24. The van der Waals surface area contributed by atoms with Crippen LogP contribution >= 0.6 is 11.8 Å². The van der Waals surface area contributed by atoms with Crippen LogP contribution in [-0.2, 0) is 11.2 Å². The van der Waals surface area contributed by atoms with E-state index in [4.69, 9.17) is 10.3 Å². The van der Waals surface area contributed by atoms with E-state index in [0.29, 0.717) is 16.7 Å². The van der Waals surface area contributed by atoms with Crippen molar-refractivity contribution in [3.05, 3.63) is 47.9 Å². The molecule has 0 saturated heterocycles. The van der Waals surface area contributed by atoms with E-state index in [9.17, 15) is 4.79 Å². The molecule has 8 heteroatoms. The lowest BCUT2D eigenvalue weighted by Crippen LogP contribution is -2.23. The fourth-order valence-electron chi connectivity index (χ4n) is 2.44. The zero-order valence-electron chi connectivity index (χ0n) is 14.9. The Morgan fingerprint density at radius 1 is 1.31 bits per heavy atom. The Morgan fingerprint density at radius 2 is 2.04 bits per heavy atom. The molecule has 136 valence electrons. The van der Waals surface area contributed by atoms with Crippen molar-refractivity contribution in [3.63, 3.8) is 0 Å². The smallest absolute Gasteiger partial charge is 0.237 e. The first-order valence-corrected chi connectivity index (χ1v) is 9.19. The Bertz CT molecular complexity index is 901. The lowest BCUT2D eigenvalue weighted by atomic mass is 10.1. The fraction of sp³-hybridized carbons (Fsp3) is 0.278. The molecule has 2 aromatic heterocycles. The average Bonchev–Trinajstić information content (AvgIpc) is 3.21. The number of carbonyl (C=O) groups excluding carboxylic acids is 1. The van der Waals surface area contributed by atoms with Crippen LogP contribution in [0.25, 0.3) is 11.4 Å². The Hall–Kier alpha value is -2.74. The van der Waals surface area contributed by atoms with Crippen LogP contribution in [0.4, 0.5) is 5.69 Å². The first-order chi connectivity index (χ1) is 12.5. The monoisotopic (exact) mass is 371 g/mol. The molecule has 0 aliphatic rings. The van der Waals surface area contributed by atoms with Gasteiger partial charge in [0.1, 0.15) is 5.76 Å². The molecule has 26 heavy (non-hydrogen) atoms. The van der Waals surface area contributed by atoms with Crippen LogP contribution in [0.5, 0.6) is 0 Å². The maximum atomic E-state index is 12.4. The number of aryl methyl sites for hydroxylation is 2. The molecule has 0 fully saturated rings. The summed E-state index contributed by atoms with van der Waals surface area (Å²) in [5, 5.41) is 11.2. The molecule has 2 heterocycles. The molecule has 0 aliphatic carbocycles. The highest BCUT2D eigenvalue weighted by Gasteiger charge is 2.21. The van der Waals surface area contributed by atoms with Gasteiger partial charge in [0.2, 0.25) is 11.1 Å². The third kappa shape index (κ3) is 3.75. The summed E-state index contributed by atoms with van der Waals surface area (Å²) in [6, 6.07) is 9.60. The summed E-state index contributed by atoms with van der Waals surface area (Å²) in [5.41, 5.74) is 2.77. The van der Waals surface area contributed by atoms with Crippen LogP contribution < -0.4 is 11.2 Å². The quantitative estimate of drug-likeness (QED) is 0.510. The maximum Gasteiger partial charge on any atom is 0.237 e. The number of furan rings is 1. The summed E-state index contributed by atoms with van der Waals surface area (Å²) in [6.07, 6.45) is 2.54. The number of benzene rings is 1. The van der Waals surface area contributed by atoms with Gasteiger partial charge >= 0.3 is 0 Å². The number of carbonyl (C=O) groups is 1. The van der Waals surface area contributed by atoms with Gasteiger partial charge in [0.05, 0.1) is 17.1 Å². The van der Waals surface area contributed by atoms with E-state index in [1.165, 1.54) is 22.0 Å². The molecule has 1 aromatic carbocycles. The molecule has 1 unspecified atom stereocenters. The van der Waals surface area contributed by atoms with Gasteiger partial charge in [-0.1, -0.05) is 30.8 Å². The first-order valence-electron chi connectivity index (χ1n) is 8.31. The number of anilines is 1. The normalized spacial score (nSPS) is 12.1. The van der Waals surface area contributed by atoms with Crippen LogP contribution in [0.15, 0.2) is 46.2 Å². The third-order valence-corrected chi connectivity index (χ3v) is 5.10. The topological polar surface area (TPSA) is 99.0 Å². The lowest BCUT2D eigenvalue weighted by molar-refractivity contribution is -0.115. The first kappa shape index (κ1) is 18.1. The summed E-state index contributed by atoms with van der Waals surface area (Å²) in [6.45, 7) is 5.73. The fourth-order valence-corrected chi connectivity index (χ4v) is 3.21. The predicted molar refractivity (Wildman–Crippen MR) is 102 cm³/mol. The molecular formula is C18H21N5O2S. The second-order valence-electron chi connectivity index (χ2n) is 5.87.